The van der Waals surface area contributed by atoms with E-state index in [9.17, 15) is 14.3 Å². The summed E-state index contributed by atoms with van der Waals surface area (Å²) in [6.07, 6.45) is 2.45. The summed E-state index contributed by atoms with van der Waals surface area (Å²) in [5.74, 6) is -0.0658. The molecular weight excluding hydrogens is 273 g/mol. The van der Waals surface area contributed by atoms with Crippen LogP contribution in [0.5, 0.6) is 0 Å². The monoisotopic (exact) mass is 296 g/mol. The van der Waals surface area contributed by atoms with Gasteiger partial charge in [0.05, 0.1) is 13.2 Å². The third kappa shape index (κ3) is 11.1. The quantitative estimate of drug-likeness (QED) is 0.445. The zero-order valence-electron chi connectivity index (χ0n) is 11.7. The molecule has 114 valence electrons. The van der Waals surface area contributed by atoms with Crippen molar-refractivity contribution in [3.8, 4) is 0 Å². The van der Waals surface area contributed by atoms with Crippen LogP contribution in [0.25, 0.3) is 0 Å². The molecular formula is C11H23NO6P-. The molecule has 2 atom stereocenters. The van der Waals surface area contributed by atoms with E-state index in [-0.39, 0.29) is 18.4 Å². The average molecular weight is 296 g/mol. The van der Waals surface area contributed by atoms with Crippen LogP contribution >= 0.6 is 7.82 Å². The topological polar surface area (TPSA) is 96.9 Å². The Morgan fingerprint density at radius 3 is 2.53 bits per heavy atom. The fourth-order valence-electron chi connectivity index (χ4n) is 1.52. The molecule has 0 rings (SSSR count). The predicted molar refractivity (Wildman–Crippen MR) is 68.5 cm³/mol. The van der Waals surface area contributed by atoms with E-state index in [2.05, 4.69) is 9.84 Å². The van der Waals surface area contributed by atoms with Gasteiger partial charge in [-0.1, -0.05) is 6.42 Å². The molecule has 0 aliphatic carbocycles. The lowest BCUT2D eigenvalue weighted by atomic mass is 10.0. The summed E-state index contributed by atoms with van der Waals surface area (Å²) in [6, 6.07) is 0. The van der Waals surface area contributed by atoms with Crippen molar-refractivity contribution in [3.05, 3.63) is 0 Å². The molecule has 0 spiro atoms. The highest BCUT2D eigenvalue weighted by atomic mass is 31.2. The average Bonchev–Trinajstić information content (AvgIpc) is 2.35. The van der Waals surface area contributed by atoms with Crippen LogP contribution in [0, 0.1) is 5.92 Å². The Balaban J connectivity index is 3.85. The molecule has 1 amide bonds. The van der Waals surface area contributed by atoms with Gasteiger partial charge >= 0.3 is 0 Å². The number of carbonyl (C=O) groups excluding carboxylic acids is 1. The predicted octanol–water partition coefficient (Wildman–Crippen LogP) is 0.687. The van der Waals surface area contributed by atoms with Gasteiger partial charge in [-0.05, 0) is 12.8 Å². The Labute approximate surface area is 114 Å². The summed E-state index contributed by atoms with van der Waals surface area (Å²) in [6.45, 7) is 2.55. The first kappa shape index (κ1) is 18.5. The minimum Gasteiger partial charge on any atom is -0.756 e. The minimum atomic E-state index is -4.17. The second-order valence-corrected chi connectivity index (χ2v) is 5.74. The number of carbonyl (C=O) groups is 1. The van der Waals surface area contributed by atoms with Gasteiger partial charge in [-0.2, -0.15) is 0 Å². The first-order valence-corrected chi connectivity index (χ1v) is 7.62. The lowest BCUT2D eigenvalue weighted by Gasteiger charge is -2.23. The zero-order chi connectivity index (χ0) is 14.7. The summed E-state index contributed by atoms with van der Waals surface area (Å²) in [4.78, 5) is 21.7. The molecule has 7 nitrogen and oxygen atoms in total. The molecule has 0 saturated carbocycles. The van der Waals surface area contributed by atoms with Crippen LogP contribution in [0.3, 0.4) is 0 Å². The fraction of sp³-hybridized carbons (Fsp3) is 0.909. The molecule has 0 aliphatic rings. The highest BCUT2D eigenvalue weighted by molar-refractivity contribution is 7.45. The van der Waals surface area contributed by atoms with E-state index in [1.54, 1.807) is 7.11 Å². The number of phosphoric ester groups is 1. The SMILES string of the molecule is COCC(CCCCNC(C)=O)COP(=O)([O-])OC. The van der Waals surface area contributed by atoms with Gasteiger partial charge in [0, 0.05) is 33.6 Å². The molecule has 0 heterocycles. The number of hydrogen-bond donors (Lipinski definition) is 1. The maximum absolute atomic E-state index is 11.1. The Hall–Kier alpha value is -0.460. The van der Waals surface area contributed by atoms with Crippen molar-refractivity contribution in [1.29, 1.82) is 0 Å². The van der Waals surface area contributed by atoms with Crippen LogP contribution in [0.1, 0.15) is 26.2 Å². The highest BCUT2D eigenvalue weighted by Crippen LogP contribution is 2.37. The normalized spacial score (nSPS) is 15.8. The van der Waals surface area contributed by atoms with Crippen LogP contribution in [0.4, 0.5) is 0 Å². The van der Waals surface area contributed by atoms with Crippen molar-refractivity contribution in [3.63, 3.8) is 0 Å². The van der Waals surface area contributed by atoms with Crippen LogP contribution in [0.2, 0.25) is 0 Å². The van der Waals surface area contributed by atoms with Crippen molar-refractivity contribution in [2.45, 2.75) is 26.2 Å². The van der Waals surface area contributed by atoms with Crippen molar-refractivity contribution in [2.24, 2.45) is 5.92 Å². The second-order valence-electron chi connectivity index (χ2n) is 4.23. The molecule has 19 heavy (non-hydrogen) atoms. The van der Waals surface area contributed by atoms with Gasteiger partial charge in [0.1, 0.15) is 0 Å². The fourth-order valence-corrected chi connectivity index (χ4v) is 2.02. The lowest BCUT2D eigenvalue weighted by molar-refractivity contribution is -0.224. The molecule has 0 aromatic heterocycles. The smallest absolute Gasteiger partial charge is 0.267 e. The van der Waals surface area contributed by atoms with Crippen molar-refractivity contribution < 1.29 is 28.0 Å². The molecule has 0 fully saturated rings. The summed E-state index contributed by atoms with van der Waals surface area (Å²) in [7, 11) is -1.56. The minimum absolute atomic E-state index is 0.0141. The number of unbranched alkanes of at least 4 members (excludes halogenated alkanes) is 1. The maximum Gasteiger partial charge on any atom is 0.267 e. The summed E-state index contributed by atoms with van der Waals surface area (Å²) >= 11 is 0. The van der Waals surface area contributed by atoms with E-state index >= 15 is 0 Å². The molecule has 0 bridgehead atoms. The number of rotatable bonds is 11. The van der Waals surface area contributed by atoms with Gasteiger partial charge in [-0.15, -0.1) is 0 Å². The molecule has 0 saturated heterocycles. The lowest BCUT2D eigenvalue weighted by Crippen LogP contribution is -2.21. The maximum atomic E-state index is 11.1. The zero-order valence-corrected chi connectivity index (χ0v) is 12.6. The van der Waals surface area contributed by atoms with Gasteiger partial charge < -0.3 is 24.0 Å². The van der Waals surface area contributed by atoms with E-state index in [1.807, 2.05) is 0 Å². The molecule has 0 aromatic rings. The second kappa shape index (κ2) is 10.3. The Bertz CT molecular complexity index is 299. The van der Waals surface area contributed by atoms with E-state index in [0.29, 0.717) is 13.2 Å². The van der Waals surface area contributed by atoms with Crippen molar-refractivity contribution >= 4 is 13.7 Å². The van der Waals surface area contributed by atoms with E-state index in [1.165, 1.54) is 6.92 Å². The van der Waals surface area contributed by atoms with Crippen LogP contribution in [0.15, 0.2) is 0 Å². The number of hydrogen-bond acceptors (Lipinski definition) is 6. The molecule has 2 unspecified atom stereocenters. The Morgan fingerprint density at radius 2 is 2.00 bits per heavy atom. The van der Waals surface area contributed by atoms with Gasteiger partial charge in [-0.3, -0.25) is 9.36 Å². The molecule has 8 heteroatoms. The van der Waals surface area contributed by atoms with Crippen LogP contribution in [-0.2, 0) is 23.1 Å². The Morgan fingerprint density at radius 1 is 1.32 bits per heavy atom. The third-order valence-corrected chi connectivity index (χ3v) is 3.42. The van der Waals surface area contributed by atoms with E-state index < -0.39 is 7.82 Å². The molecule has 0 aliphatic heterocycles. The van der Waals surface area contributed by atoms with E-state index in [4.69, 9.17) is 9.26 Å². The Kier molecular flexibility index (Phi) is 10.1. The van der Waals surface area contributed by atoms with Gasteiger partial charge in [-0.25, -0.2) is 0 Å². The van der Waals surface area contributed by atoms with Crippen molar-refractivity contribution in [2.75, 3.05) is 34.0 Å². The first-order valence-electron chi connectivity index (χ1n) is 6.16. The van der Waals surface area contributed by atoms with Gasteiger partial charge in [0.25, 0.3) is 7.82 Å². The summed E-state index contributed by atoms with van der Waals surface area (Å²) < 4.78 is 25.0. The number of ether oxygens (including phenoxy) is 1. The van der Waals surface area contributed by atoms with E-state index in [0.717, 1.165) is 26.4 Å². The number of phosphoric acid groups is 1. The van der Waals surface area contributed by atoms with Crippen LogP contribution in [-0.4, -0.2) is 39.9 Å². The van der Waals surface area contributed by atoms with Gasteiger partial charge in [0.15, 0.2) is 0 Å². The van der Waals surface area contributed by atoms with Crippen LogP contribution < -0.4 is 10.2 Å². The largest absolute Gasteiger partial charge is 0.756 e. The van der Waals surface area contributed by atoms with Gasteiger partial charge in [0.2, 0.25) is 5.91 Å². The standard InChI is InChI=1S/C11H24NO6P/c1-10(13)12-7-5-4-6-11(8-16-2)9-18-19(14,15)17-3/h11H,4-9H2,1-3H3,(H,12,13)(H,14,15)/p-1. The molecule has 0 radical (unpaired) electrons. The first-order chi connectivity index (χ1) is 8.91. The molecule has 1 N–H and O–H groups in total. The number of amides is 1. The highest BCUT2D eigenvalue weighted by Gasteiger charge is 2.13. The molecule has 0 aromatic carbocycles. The summed E-state index contributed by atoms with van der Waals surface area (Å²) in [5, 5.41) is 2.70. The number of nitrogens with one attached hydrogen (secondary N) is 1. The van der Waals surface area contributed by atoms with Crippen molar-refractivity contribution in [1.82, 2.24) is 5.32 Å². The number of methoxy groups -OCH3 is 1. The third-order valence-electron chi connectivity index (χ3n) is 2.51. The summed E-state index contributed by atoms with van der Waals surface area (Å²) in [5.41, 5.74) is 0.